The van der Waals surface area contributed by atoms with Crippen LogP contribution in [0.25, 0.3) is 0 Å². The van der Waals surface area contributed by atoms with Crippen molar-refractivity contribution < 1.29 is 9.52 Å². The summed E-state index contributed by atoms with van der Waals surface area (Å²) in [5.41, 5.74) is 0.753. The smallest absolute Gasteiger partial charge is 0.169 e. The minimum Gasteiger partial charge on any atom is -0.451 e. The SMILES string of the molecule is CCCn1nccc1C(O)c1ccc(Br)o1. The van der Waals surface area contributed by atoms with E-state index in [0.29, 0.717) is 10.4 Å². The first-order chi connectivity index (χ1) is 7.72. The number of aryl methyl sites for hydroxylation is 1. The van der Waals surface area contributed by atoms with Gasteiger partial charge in [-0.15, -0.1) is 0 Å². The summed E-state index contributed by atoms with van der Waals surface area (Å²) in [5.74, 6) is 0.518. The number of rotatable bonds is 4. The fourth-order valence-corrected chi connectivity index (χ4v) is 1.91. The van der Waals surface area contributed by atoms with Crippen LogP contribution < -0.4 is 0 Å². The molecule has 0 aliphatic heterocycles. The minimum atomic E-state index is -0.764. The molecule has 4 nitrogen and oxygen atoms in total. The van der Waals surface area contributed by atoms with Crippen molar-refractivity contribution in [1.29, 1.82) is 0 Å². The number of aromatic nitrogens is 2. The molecular formula is C11H13BrN2O2. The maximum Gasteiger partial charge on any atom is 0.169 e. The number of hydrogen-bond donors (Lipinski definition) is 1. The van der Waals surface area contributed by atoms with Crippen LogP contribution in [0.3, 0.4) is 0 Å². The Kier molecular flexibility index (Phi) is 3.46. The van der Waals surface area contributed by atoms with Crippen LogP contribution >= 0.6 is 15.9 Å². The molecule has 1 N–H and O–H groups in total. The van der Waals surface area contributed by atoms with Gasteiger partial charge in [-0.2, -0.15) is 5.10 Å². The van der Waals surface area contributed by atoms with E-state index in [1.54, 1.807) is 29.1 Å². The van der Waals surface area contributed by atoms with Crippen molar-refractivity contribution in [2.24, 2.45) is 0 Å². The minimum absolute atomic E-state index is 0.518. The standard InChI is InChI=1S/C11H13BrN2O2/c1-2-7-14-8(5-6-13-14)11(15)9-3-4-10(12)16-9/h3-6,11,15H,2,7H2,1H3. The lowest BCUT2D eigenvalue weighted by Gasteiger charge is -2.10. The first-order valence-corrected chi connectivity index (χ1v) is 5.96. The van der Waals surface area contributed by atoms with Crippen LogP contribution in [0, 0.1) is 0 Å². The molecule has 0 bridgehead atoms. The largest absolute Gasteiger partial charge is 0.451 e. The van der Waals surface area contributed by atoms with Crippen molar-refractivity contribution in [2.75, 3.05) is 0 Å². The Labute approximate surface area is 102 Å². The van der Waals surface area contributed by atoms with Gasteiger partial charge >= 0.3 is 0 Å². The van der Waals surface area contributed by atoms with Crippen LogP contribution in [0.15, 0.2) is 33.5 Å². The summed E-state index contributed by atoms with van der Waals surface area (Å²) < 4.78 is 7.73. The molecule has 0 amide bonds. The van der Waals surface area contributed by atoms with Crippen LogP contribution in [0.4, 0.5) is 0 Å². The quantitative estimate of drug-likeness (QED) is 0.939. The second kappa shape index (κ2) is 4.84. The number of aliphatic hydroxyl groups excluding tert-OH is 1. The second-order valence-corrected chi connectivity index (χ2v) is 4.31. The first kappa shape index (κ1) is 11.4. The molecule has 5 heteroatoms. The van der Waals surface area contributed by atoms with Crippen LogP contribution in [0.2, 0.25) is 0 Å². The molecule has 0 fully saturated rings. The zero-order valence-corrected chi connectivity index (χ0v) is 10.5. The van der Waals surface area contributed by atoms with Crippen LogP contribution in [0.1, 0.15) is 30.9 Å². The van der Waals surface area contributed by atoms with Gasteiger partial charge in [0.25, 0.3) is 0 Å². The van der Waals surface area contributed by atoms with Gasteiger partial charge in [-0.1, -0.05) is 6.92 Å². The molecule has 1 unspecified atom stereocenters. The highest BCUT2D eigenvalue weighted by Crippen LogP contribution is 2.25. The number of hydrogen-bond acceptors (Lipinski definition) is 3. The Bertz CT molecular complexity index is 464. The molecule has 2 rings (SSSR count). The van der Waals surface area contributed by atoms with Crippen LogP contribution in [0.5, 0.6) is 0 Å². The van der Waals surface area contributed by atoms with Crippen LogP contribution in [-0.4, -0.2) is 14.9 Å². The molecule has 2 heterocycles. The van der Waals surface area contributed by atoms with Gasteiger partial charge in [-0.3, -0.25) is 4.68 Å². The van der Waals surface area contributed by atoms with Crippen molar-refractivity contribution >= 4 is 15.9 Å². The van der Waals surface area contributed by atoms with Crippen molar-refractivity contribution in [3.63, 3.8) is 0 Å². The third-order valence-corrected chi connectivity index (χ3v) is 2.75. The second-order valence-electron chi connectivity index (χ2n) is 3.52. The molecular weight excluding hydrogens is 272 g/mol. The Hall–Kier alpha value is -1.07. The predicted octanol–water partition coefficient (Wildman–Crippen LogP) is 2.73. The predicted molar refractivity (Wildman–Crippen MR) is 63.0 cm³/mol. The lowest BCUT2D eigenvalue weighted by molar-refractivity contribution is 0.176. The van der Waals surface area contributed by atoms with Crippen molar-refractivity contribution in [2.45, 2.75) is 26.0 Å². The van der Waals surface area contributed by atoms with Crippen molar-refractivity contribution in [1.82, 2.24) is 9.78 Å². The average Bonchev–Trinajstić information content (AvgIpc) is 2.87. The Morgan fingerprint density at radius 2 is 2.31 bits per heavy atom. The van der Waals surface area contributed by atoms with Gasteiger partial charge in [0, 0.05) is 12.7 Å². The Morgan fingerprint density at radius 3 is 2.94 bits per heavy atom. The third-order valence-electron chi connectivity index (χ3n) is 2.33. The van der Waals surface area contributed by atoms with E-state index in [0.717, 1.165) is 18.7 Å². The molecule has 0 saturated heterocycles. The highest BCUT2D eigenvalue weighted by atomic mass is 79.9. The van der Waals surface area contributed by atoms with Gasteiger partial charge < -0.3 is 9.52 Å². The summed E-state index contributed by atoms with van der Waals surface area (Å²) in [5, 5.41) is 14.3. The Balaban J connectivity index is 2.26. The van der Waals surface area contributed by atoms with Gasteiger partial charge in [-0.05, 0) is 40.5 Å². The normalized spacial score (nSPS) is 12.9. The molecule has 2 aromatic rings. The van der Waals surface area contributed by atoms with Gasteiger partial charge in [0.15, 0.2) is 10.8 Å². The van der Waals surface area contributed by atoms with Gasteiger partial charge in [0.2, 0.25) is 0 Å². The number of aliphatic hydroxyl groups is 1. The fraction of sp³-hybridized carbons (Fsp3) is 0.364. The van der Waals surface area contributed by atoms with E-state index >= 15 is 0 Å². The number of furan rings is 1. The van der Waals surface area contributed by atoms with E-state index in [4.69, 9.17) is 4.42 Å². The van der Waals surface area contributed by atoms with Crippen molar-refractivity contribution in [3.05, 3.63) is 40.5 Å². The molecule has 0 spiro atoms. The van der Waals surface area contributed by atoms with E-state index in [9.17, 15) is 5.11 Å². The summed E-state index contributed by atoms with van der Waals surface area (Å²) in [6.45, 7) is 2.86. The zero-order chi connectivity index (χ0) is 11.5. The number of halogens is 1. The van der Waals surface area contributed by atoms with E-state index in [2.05, 4.69) is 28.0 Å². The highest BCUT2D eigenvalue weighted by Gasteiger charge is 2.18. The molecule has 16 heavy (non-hydrogen) atoms. The first-order valence-electron chi connectivity index (χ1n) is 5.17. The van der Waals surface area contributed by atoms with E-state index in [1.165, 1.54) is 0 Å². The highest BCUT2D eigenvalue weighted by molar-refractivity contribution is 9.10. The lowest BCUT2D eigenvalue weighted by atomic mass is 10.2. The molecule has 0 aliphatic carbocycles. The van der Waals surface area contributed by atoms with E-state index in [-0.39, 0.29) is 0 Å². The van der Waals surface area contributed by atoms with Gasteiger partial charge in [0.1, 0.15) is 5.76 Å². The number of nitrogens with zero attached hydrogens (tertiary/aromatic N) is 2. The van der Waals surface area contributed by atoms with Gasteiger partial charge in [0.05, 0.1) is 5.69 Å². The van der Waals surface area contributed by atoms with E-state index < -0.39 is 6.10 Å². The summed E-state index contributed by atoms with van der Waals surface area (Å²) >= 11 is 3.21. The molecule has 0 aromatic carbocycles. The molecule has 0 radical (unpaired) electrons. The van der Waals surface area contributed by atoms with Gasteiger partial charge in [-0.25, -0.2) is 0 Å². The summed E-state index contributed by atoms with van der Waals surface area (Å²) in [6, 6.07) is 5.31. The average molecular weight is 285 g/mol. The topological polar surface area (TPSA) is 51.2 Å². The molecule has 1 atom stereocenters. The molecule has 0 saturated carbocycles. The van der Waals surface area contributed by atoms with Crippen molar-refractivity contribution in [3.8, 4) is 0 Å². The third kappa shape index (κ3) is 2.20. The summed E-state index contributed by atoms with van der Waals surface area (Å²) in [7, 11) is 0. The lowest BCUT2D eigenvalue weighted by Crippen LogP contribution is -2.09. The Morgan fingerprint density at radius 1 is 1.50 bits per heavy atom. The monoisotopic (exact) mass is 284 g/mol. The maximum absolute atomic E-state index is 10.1. The molecule has 86 valence electrons. The van der Waals surface area contributed by atoms with Crippen LogP contribution in [-0.2, 0) is 6.54 Å². The molecule has 2 aromatic heterocycles. The summed E-state index contributed by atoms with van der Waals surface area (Å²) in [6.07, 6.45) is 1.90. The van der Waals surface area contributed by atoms with E-state index in [1.807, 2.05) is 0 Å². The fourth-order valence-electron chi connectivity index (χ4n) is 1.59. The maximum atomic E-state index is 10.1. The zero-order valence-electron chi connectivity index (χ0n) is 8.93. The molecule has 0 aliphatic rings. The summed E-state index contributed by atoms with van der Waals surface area (Å²) in [4.78, 5) is 0.